The number of aryl methyl sites for hydroxylation is 1. The summed E-state index contributed by atoms with van der Waals surface area (Å²) in [4.78, 5) is 11.5. The summed E-state index contributed by atoms with van der Waals surface area (Å²) in [5.74, 6) is 1.27. The molecule has 162 valence electrons. The lowest BCUT2D eigenvalue weighted by atomic mass is 10.2. The first-order chi connectivity index (χ1) is 13.5. The van der Waals surface area contributed by atoms with Crippen molar-refractivity contribution < 1.29 is 18.5 Å². The number of ether oxygens (including phenoxy) is 2. The molecule has 0 heterocycles. The molecule has 2 aromatic carbocycles. The second-order valence-corrected chi connectivity index (χ2v) is 6.57. The summed E-state index contributed by atoms with van der Waals surface area (Å²) in [5, 5.41) is 1.93. The predicted molar refractivity (Wildman–Crippen MR) is 126 cm³/mol. The maximum absolute atomic E-state index is 11.5. The Hall–Kier alpha value is -1.87. The molecule has 0 saturated carbocycles. The Labute approximate surface area is 185 Å². The Bertz CT molecular complexity index is 697. The van der Waals surface area contributed by atoms with Gasteiger partial charge in [0.15, 0.2) is 0 Å². The van der Waals surface area contributed by atoms with Crippen molar-refractivity contribution in [3.05, 3.63) is 54.1 Å². The summed E-state index contributed by atoms with van der Waals surface area (Å²) in [6, 6.07) is 15.6. The van der Waals surface area contributed by atoms with Crippen molar-refractivity contribution in [2.75, 3.05) is 32.8 Å². The number of carbonyl (C=O) groups is 1. The van der Waals surface area contributed by atoms with Crippen LogP contribution in [0.4, 0.5) is 5.69 Å². The summed E-state index contributed by atoms with van der Waals surface area (Å²) in [6.45, 7) is 6.51. The first-order valence-corrected chi connectivity index (χ1v) is 9.86. The highest BCUT2D eigenvalue weighted by atomic mass is 32.2. The second kappa shape index (κ2) is 15.0. The summed E-state index contributed by atoms with van der Waals surface area (Å²) in [7, 11) is 4.85. The van der Waals surface area contributed by atoms with E-state index >= 15 is 0 Å². The summed E-state index contributed by atoms with van der Waals surface area (Å²) in [6.07, 6.45) is 0.271. The van der Waals surface area contributed by atoms with Crippen LogP contribution in [0.3, 0.4) is 0 Å². The minimum Gasteiger partial charge on any atom is -0.469 e. The molecular weight excluding hydrogens is 408 g/mol. The molecule has 0 bridgehead atoms. The van der Waals surface area contributed by atoms with E-state index in [1.54, 1.807) is 7.11 Å². The van der Waals surface area contributed by atoms with Crippen LogP contribution in [0.2, 0.25) is 0 Å². The third-order valence-corrected chi connectivity index (χ3v) is 4.23. The number of hydrogen-bond acceptors (Lipinski definition) is 7. The van der Waals surface area contributed by atoms with Gasteiger partial charge in [-0.25, -0.2) is 0 Å². The van der Waals surface area contributed by atoms with Gasteiger partial charge in [-0.05, 0) is 43.3 Å². The molecule has 0 aliphatic carbocycles. The van der Waals surface area contributed by atoms with Crippen molar-refractivity contribution in [2.24, 2.45) is 0 Å². The number of hydrogen-bond donors (Lipinski definition) is 0. The van der Waals surface area contributed by atoms with Gasteiger partial charge in [0.25, 0.3) is 0 Å². The SMILES string of the molecule is CC.COSN(C)N(CCC(=O)OC)c1ccc(Oc2ccc(C)cc2)cc1.S. The highest BCUT2D eigenvalue weighted by molar-refractivity contribution is 7.92. The number of benzene rings is 2. The van der Waals surface area contributed by atoms with E-state index in [1.165, 1.54) is 24.9 Å². The molecule has 0 unspecified atom stereocenters. The lowest BCUT2D eigenvalue weighted by molar-refractivity contribution is -0.140. The molecule has 0 aliphatic rings. The Morgan fingerprint density at radius 2 is 1.48 bits per heavy atom. The highest BCUT2D eigenvalue weighted by Gasteiger charge is 2.15. The lowest BCUT2D eigenvalue weighted by Gasteiger charge is -2.31. The average molecular weight is 441 g/mol. The number of hydrazine groups is 1. The normalized spacial score (nSPS) is 9.76. The fourth-order valence-corrected chi connectivity index (χ4v) is 2.78. The van der Waals surface area contributed by atoms with Crippen LogP contribution in [-0.2, 0) is 13.7 Å². The molecular formula is C21H32N2O4S2. The van der Waals surface area contributed by atoms with Gasteiger partial charge in [0, 0.05) is 13.6 Å². The van der Waals surface area contributed by atoms with Crippen LogP contribution >= 0.6 is 25.7 Å². The van der Waals surface area contributed by atoms with Gasteiger partial charge in [-0.3, -0.25) is 9.80 Å². The van der Waals surface area contributed by atoms with Crippen molar-refractivity contribution >= 4 is 37.4 Å². The van der Waals surface area contributed by atoms with Crippen molar-refractivity contribution in [3.8, 4) is 11.5 Å². The van der Waals surface area contributed by atoms with E-state index in [2.05, 4.69) is 0 Å². The molecule has 6 nitrogen and oxygen atoms in total. The third-order valence-electron chi connectivity index (χ3n) is 3.67. The Balaban J connectivity index is 0.00000253. The van der Waals surface area contributed by atoms with Crippen LogP contribution in [0.25, 0.3) is 0 Å². The number of methoxy groups -OCH3 is 1. The molecule has 0 fully saturated rings. The third kappa shape index (κ3) is 9.45. The molecule has 0 atom stereocenters. The van der Waals surface area contributed by atoms with E-state index in [0.717, 1.165) is 17.2 Å². The second-order valence-electron chi connectivity index (χ2n) is 5.56. The number of esters is 1. The molecule has 8 heteroatoms. The first-order valence-electron chi connectivity index (χ1n) is 9.17. The largest absolute Gasteiger partial charge is 0.469 e. The Kier molecular flexibility index (Phi) is 14.1. The summed E-state index contributed by atoms with van der Waals surface area (Å²) in [5.41, 5.74) is 2.10. The van der Waals surface area contributed by atoms with Gasteiger partial charge in [-0.1, -0.05) is 31.5 Å². The van der Waals surface area contributed by atoms with E-state index in [0.29, 0.717) is 6.54 Å². The van der Waals surface area contributed by atoms with Gasteiger partial charge < -0.3 is 13.7 Å². The van der Waals surface area contributed by atoms with E-state index in [4.69, 9.17) is 13.7 Å². The zero-order chi connectivity index (χ0) is 20.9. The van der Waals surface area contributed by atoms with Crippen LogP contribution in [0.5, 0.6) is 11.5 Å². The highest BCUT2D eigenvalue weighted by Crippen LogP contribution is 2.27. The van der Waals surface area contributed by atoms with E-state index in [-0.39, 0.29) is 25.9 Å². The van der Waals surface area contributed by atoms with Gasteiger partial charge in [0.1, 0.15) is 23.7 Å². The maximum Gasteiger partial charge on any atom is 0.307 e. The quantitative estimate of drug-likeness (QED) is 0.225. The molecule has 0 amide bonds. The summed E-state index contributed by atoms with van der Waals surface area (Å²) < 4.78 is 17.5. The fraction of sp³-hybridized carbons (Fsp3) is 0.381. The average Bonchev–Trinajstić information content (AvgIpc) is 2.72. The molecule has 2 rings (SSSR count). The zero-order valence-electron chi connectivity index (χ0n) is 18.0. The minimum atomic E-state index is -0.259. The van der Waals surface area contributed by atoms with Crippen LogP contribution < -0.4 is 9.75 Å². The van der Waals surface area contributed by atoms with Crippen molar-refractivity contribution in [1.82, 2.24) is 4.41 Å². The molecule has 0 aromatic heterocycles. The molecule has 0 radical (unpaired) electrons. The van der Waals surface area contributed by atoms with Gasteiger partial charge in [-0.15, -0.1) is 4.41 Å². The van der Waals surface area contributed by atoms with E-state index in [9.17, 15) is 4.79 Å². The van der Waals surface area contributed by atoms with Gasteiger partial charge >= 0.3 is 5.97 Å². The lowest BCUT2D eigenvalue weighted by Crippen LogP contribution is -2.37. The van der Waals surface area contributed by atoms with Crippen molar-refractivity contribution in [1.29, 1.82) is 0 Å². The summed E-state index contributed by atoms with van der Waals surface area (Å²) >= 11 is 1.18. The molecule has 0 N–H and O–H groups in total. The molecule has 0 saturated heterocycles. The van der Waals surface area contributed by atoms with E-state index < -0.39 is 0 Å². The molecule has 0 spiro atoms. The smallest absolute Gasteiger partial charge is 0.307 e. The number of rotatable bonds is 9. The van der Waals surface area contributed by atoms with Crippen molar-refractivity contribution in [2.45, 2.75) is 27.2 Å². The standard InChI is InChI=1S/C19H24N2O4S.C2H6.H2S/c1-15-5-9-17(10-6-15)25-18-11-7-16(8-12-18)21(20(2)26-24-4)14-13-19(22)23-3;1-2;/h5-12H,13-14H2,1-4H3;1-2H3;1H2. The minimum absolute atomic E-state index is 0. The molecule has 29 heavy (non-hydrogen) atoms. The van der Waals surface area contributed by atoms with E-state index in [1.807, 2.05) is 85.8 Å². The Morgan fingerprint density at radius 3 is 1.97 bits per heavy atom. The topological polar surface area (TPSA) is 51.2 Å². The van der Waals surface area contributed by atoms with Gasteiger partial charge in [0.05, 0.1) is 26.3 Å². The molecule has 2 aromatic rings. The number of anilines is 1. The van der Waals surface area contributed by atoms with Crippen LogP contribution in [0.15, 0.2) is 48.5 Å². The number of carbonyl (C=O) groups excluding carboxylic acids is 1. The number of nitrogens with zero attached hydrogens (tertiary/aromatic N) is 2. The molecule has 0 aliphatic heterocycles. The van der Waals surface area contributed by atoms with Crippen molar-refractivity contribution in [3.63, 3.8) is 0 Å². The van der Waals surface area contributed by atoms with Gasteiger partial charge in [-0.2, -0.15) is 13.5 Å². The fourth-order valence-electron chi connectivity index (χ4n) is 2.31. The predicted octanol–water partition coefficient (Wildman–Crippen LogP) is 5.35. The zero-order valence-corrected chi connectivity index (χ0v) is 19.8. The first kappa shape index (κ1) is 27.1. The monoisotopic (exact) mass is 440 g/mol. The van der Waals surface area contributed by atoms with Crippen LogP contribution in [0.1, 0.15) is 25.8 Å². The van der Waals surface area contributed by atoms with Crippen LogP contribution in [0, 0.1) is 6.92 Å². The van der Waals surface area contributed by atoms with Crippen LogP contribution in [-0.4, -0.2) is 38.2 Å². The Morgan fingerprint density at radius 1 is 0.966 bits per heavy atom. The maximum atomic E-state index is 11.5. The van der Waals surface area contributed by atoms with Gasteiger partial charge in [0.2, 0.25) is 0 Å².